The second-order valence-electron chi connectivity index (χ2n) is 6.56. The van der Waals surface area contributed by atoms with E-state index in [-0.39, 0.29) is 0 Å². The molecule has 0 aliphatic carbocycles. The van der Waals surface area contributed by atoms with Crippen molar-refractivity contribution in [3.05, 3.63) is 0 Å². The fourth-order valence-corrected chi connectivity index (χ4v) is 4.83. The highest BCUT2D eigenvalue weighted by molar-refractivity contribution is 4.93. The summed E-state index contributed by atoms with van der Waals surface area (Å²) < 4.78 is 12.1. The van der Waals surface area contributed by atoms with Crippen LogP contribution in [0.4, 0.5) is 0 Å². The summed E-state index contributed by atoms with van der Waals surface area (Å²) in [4.78, 5) is 0. The predicted molar refractivity (Wildman–Crippen MR) is 71.8 cm³/mol. The van der Waals surface area contributed by atoms with Gasteiger partial charge in [-0.25, -0.2) is 10.0 Å². The lowest BCUT2D eigenvalue weighted by Crippen LogP contribution is -2.81. The number of rotatable bonds is 0. The summed E-state index contributed by atoms with van der Waals surface area (Å²) in [7, 11) is 0. The van der Waals surface area contributed by atoms with Crippen molar-refractivity contribution in [3.63, 3.8) is 0 Å². The molecule has 6 heteroatoms. The zero-order valence-corrected chi connectivity index (χ0v) is 12.0. The third kappa shape index (κ3) is 1.60. The van der Waals surface area contributed by atoms with Gasteiger partial charge in [-0.1, -0.05) is 0 Å². The zero-order chi connectivity index (χ0) is 13.1. The molecule has 0 aromatic carbocycles. The van der Waals surface area contributed by atoms with E-state index in [1.54, 1.807) is 0 Å². The quantitative estimate of drug-likeness (QED) is 0.651. The Labute approximate surface area is 120 Å². The van der Waals surface area contributed by atoms with Crippen LogP contribution in [0.2, 0.25) is 0 Å². The SMILES string of the molecule is C1CC2OCCN3C4CCCC5OCCN(C(C1)N23)N54. The average Bonchev–Trinajstić information content (AvgIpc) is 2.52. The van der Waals surface area contributed by atoms with Gasteiger partial charge in [-0.3, -0.25) is 0 Å². The summed E-state index contributed by atoms with van der Waals surface area (Å²) in [5, 5.41) is 10.4. The van der Waals surface area contributed by atoms with Gasteiger partial charge in [-0.15, -0.1) is 0 Å². The second kappa shape index (κ2) is 4.63. The van der Waals surface area contributed by atoms with E-state index in [1.165, 1.54) is 38.5 Å². The van der Waals surface area contributed by atoms with E-state index in [2.05, 4.69) is 20.0 Å². The standard InChI is InChI=1S/C14H24N4O2/c1-3-11-15-7-10-20-14-6-2-4-12(18(14)15)16-8-9-19-13(5-1)17(11)16/h11-14H,1-10H2. The molecule has 4 unspecified atom stereocenters. The molecular weight excluding hydrogens is 256 g/mol. The number of nitrogens with zero attached hydrogens (tertiary/aromatic N) is 4. The Bertz CT molecular complexity index is 327. The molecule has 0 aromatic rings. The van der Waals surface area contributed by atoms with Crippen LogP contribution in [0.1, 0.15) is 38.5 Å². The summed E-state index contributed by atoms with van der Waals surface area (Å²) in [6, 6.07) is 0. The van der Waals surface area contributed by atoms with E-state index < -0.39 is 0 Å². The normalized spacial score (nSPS) is 46.8. The van der Waals surface area contributed by atoms with Crippen molar-refractivity contribution in [1.29, 1.82) is 0 Å². The predicted octanol–water partition coefficient (Wildman–Crippen LogP) is 0.771. The van der Waals surface area contributed by atoms with Crippen LogP contribution in [0.15, 0.2) is 0 Å². The largest absolute Gasteiger partial charge is 0.360 e. The van der Waals surface area contributed by atoms with Gasteiger partial charge in [0.1, 0.15) is 12.5 Å². The van der Waals surface area contributed by atoms with Gasteiger partial charge in [-0.05, 0) is 38.5 Å². The first-order valence-corrected chi connectivity index (χ1v) is 8.26. The highest BCUT2D eigenvalue weighted by Crippen LogP contribution is 2.42. The summed E-state index contributed by atoms with van der Waals surface area (Å²) in [5.74, 6) is 0. The Hall–Kier alpha value is -0.240. The number of piperidine rings is 2. The molecule has 20 heavy (non-hydrogen) atoms. The number of hydrogen-bond acceptors (Lipinski definition) is 6. The molecule has 5 saturated heterocycles. The highest BCUT2D eigenvalue weighted by Gasteiger charge is 2.54. The highest BCUT2D eigenvalue weighted by atomic mass is 16.5. The lowest BCUT2D eigenvalue weighted by Gasteiger charge is -2.66. The molecule has 0 spiro atoms. The van der Waals surface area contributed by atoms with Crippen LogP contribution >= 0.6 is 0 Å². The van der Waals surface area contributed by atoms with E-state index in [9.17, 15) is 0 Å². The molecule has 4 atom stereocenters. The first-order valence-electron chi connectivity index (χ1n) is 8.26. The van der Waals surface area contributed by atoms with E-state index in [0.29, 0.717) is 24.8 Å². The third-order valence-electron chi connectivity index (χ3n) is 5.57. The van der Waals surface area contributed by atoms with Crippen molar-refractivity contribution >= 4 is 0 Å². The molecule has 112 valence electrons. The number of ether oxygens (including phenoxy) is 2. The Morgan fingerprint density at radius 1 is 0.650 bits per heavy atom. The van der Waals surface area contributed by atoms with Gasteiger partial charge >= 0.3 is 0 Å². The van der Waals surface area contributed by atoms with Crippen molar-refractivity contribution in [3.8, 4) is 0 Å². The van der Waals surface area contributed by atoms with Crippen LogP contribution in [-0.4, -0.2) is 71.1 Å². The summed E-state index contributed by atoms with van der Waals surface area (Å²) in [5.41, 5.74) is 0. The summed E-state index contributed by atoms with van der Waals surface area (Å²) in [6.07, 6.45) is 9.06. The summed E-state index contributed by atoms with van der Waals surface area (Å²) >= 11 is 0. The molecule has 0 bridgehead atoms. The van der Waals surface area contributed by atoms with Crippen LogP contribution in [0.25, 0.3) is 0 Å². The van der Waals surface area contributed by atoms with Crippen molar-refractivity contribution in [2.45, 2.75) is 63.3 Å². The maximum absolute atomic E-state index is 6.04. The lowest BCUT2D eigenvalue weighted by molar-refractivity contribution is -0.413. The number of hydrogen-bond donors (Lipinski definition) is 0. The van der Waals surface area contributed by atoms with Gasteiger partial charge < -0.3 is 9.47 Å². The van der Waals surface area contributed by atoms with Gasteiger partial charge in [0.05, 0.1) is 25.5 Å². The van der Waals surface area contributed by atoms with Crippen LogP contribution in [0.3, 0.4) is 0 Å². The zero-order valence-electron chi connectivity index (χ0n) is 12.0. The minimum absolute atomic E-state index is 0.313. The van der Waals surface area contributed by atoms with Gasteiger partial charge in [0.2, 0.25) is 0 Å². The molecule has 5 aliphatic heterocycles. The van der Waals surface area contributed by atoms with Crippen molar-refractivity contribution in [1.82, 2.24) is 20.0 Å². The first-order chi connectivity index (χ1) is 9.93. The third-order valence-corrected chi connectivity index (χ3v) is 5.57. The molecule has 6 nitrogen and oxygen atoms in total. The fraction of sp³-hybridized carbons (Fsp3) is 1.00. The van der Waals surface area contributed by atoms with E-state index in [0.717, 1.165) is 26.3 Å². The monoisotopic (exact) mass is 280 g/mol. The molecule has 0 amide bonds. The van der Waals surface area contributed by atoms with Gasteiger partial charge in [-0.2, -0.15) is 10.0 Å². The van der Waals surface area contributed by atoms with Gasteiger partial charge in [0.15, 0.2) is 0 Å². The first kappa shape index (κ1) is 12.3. The van der Waals surface area contributed by atoms with E-state index >= 15 is 0 Å². The van der Waals surface area contributed by atoms with Crippen LogP contribution in [0.5, 0.6) is 0 Å². The molecular formula is C14H24N4O2. The Balaban J connectivity index is 1.55. The maximum Gasteiger partial charge on any atom is 0.125 e. The molecule has 0 radical (unpaired) electrons. The Kier molecular flexibility index (Phi) is 2.85. The number of hydrazine groups is 2. The maximum atomic E-state index is 6.04. The summed E-state index contributed by atoms with van der Waals surface area (Å²) in [6.45, 7) is 3.83. The molecule has 5 fully saturated rings. The molecule has 0 aromatic heterocycles. The molecule has 5 aliphatic rings. The van der Waals surface area contributed by atoms with E-state index in [1.807, 2.05) is 0 Å². The Morgan fingerprint density at radius 3 is 1.65 bits per heavy atom. The molecule has 5 heterocycles. The van der Waals surface area contributed by atoms with Crippen molar-refractivity contribution < 1.29 is 9.47 Å². The van der Waals surface area contributed by atoms with Crippen molar-refractivity contribution in [2.24, 2.45) is 0 Å². The molecule has 0 N–H and O–H groups in total. The van der Waals surface area contributed by atoms with E-state index in [4.69, 9.17) is 9.47 Å². The smallest absolute Gasteiger partial charge is 0.125 e. The van der Waals surface area contributed by atoms with Crippen LogP contribution in [-0.2, 0) is 9.47 Å². The minimum Gasteiger partial charge on any atom is -0.360 e. The van der Waals surface area contributed by atoms with Gasteiger partial charge in [0, 0.05) is 13.1 Å². The van der Waals surface area contributed by atoms with Crippen LogP contribution < -0.4 is 0 Å². The Morgan fingerprint density at radius 2 is 1.15 bits per heavy atom. The second-order valence-corrected chi connectivity index (χ2v) is 6.56. The van der Waals surface area contributed by atoms with Crippen molar-refractivity contribution in [2.75, 3.05) is 26.3 Å². The average molecular weight is 280 g/mol. The fourth-order valence-electron chi connectivity index (χ4n) is 4.83. The topological polar surface area (TPSA) is 31.4 Å². The van der Waals surface area contributed by atoms with Crippen LogP contribution in [0, 0.1) is 0 Å². The minimum atomic E-state index is 0.313. The molecule has 0 saturated carbocycles. The van der Waals surface area contributed by atoms with Gasteiger partial charge in [0.25, 0.3) is 0 Å². The number of fused-ring (bicyclic) bond motifs is 2. The lowest BCUT2D eigenvalue weighted by atomic mass is 10.0. The molecule has 5 rings (SSSR count).